The quantitative estimate of drug-likeness (QED) is 0.563. The van der Waals surface area contributed by atoms with E-state index in [4.69, 9.17) is 0 Å². The Morgan fingerprint density at radius 3 is 2.17 bits per heavy atom. The zero-order chi connectivity index (χ0) is 17.7. The molecule has 126 valence electrons. The van der Waals surface area contributed by atoms with Gasteiger partial charge in [0, 0.05) is 12.1 Å². The van der Waals surface area contributed by atoms with Gasteiger partial charge in [0.05, 0.1) is 21.8 Å². The van der Waals surface area contributed by atoms with E-state index in [9.17, 15) is 28.4 Å². The normalized spacial score (nSPS) is 12.5. The maximum absolute atomic E-state index is 12.2. The number of nitrogens with zero attached hydrogens (tertiary/aromatic N) is 1. The second kappa shape index (κ2) is 7.20. The molecular weight excluding hydrogens is 336 g/mol. The molecule has 0 spiro atoms. The van der Waals surface area contributed by atoms with Gasteiger partial charge in [0.25, 0.3) is 5.69 Å². The minimum Gasteiger partial charge on any atom is -0.548 e. The first-order valence-corrected chi connectivity index (χ1v) is 8.29. The van der Waals surface area contributed by atoms with Crippen LogP contribution in [-0.2, 0) is 21.2 Å². The summed E-state index contributed by atoms with van der Waals surface area (Å²) in [6.45, 7) is 0. The van der Waals surface area contributed by atoms with E-state index in [1.807, 2.05) is 0 Å². The third-order valence-electron chi connectivity index (χ3n) is 3.22. The Balaban J connectivity index is 2.18. The molecule has 2 aromatic rings. The van der Waals surface area contributed by atoms with Crippen LogP contribution in [0, 0.1) is 10.1 Å². The van der Waals surface area contributed by atoms with Crippen LogP contribution in [0.2, 0.25) is 0 Å². The third kappa shape index (κ3) is 4.37. The molecule has 24 heavy (non-hydrogen) atoms. The standard InChI is InChI=1S/C15H14N2O6S/c18-15(19)14(10-11-6-8-12(9-7-11)17(20)21)16-24(22,23)13-4-2-1-3-5-13/h1-9,14,16H,10H2,(H,18,19)/p-1/t14-/m1/s1. The average molecular weight is 349 g/mol. The molecule has 0 heterocycles. The Labute approximate surface area is 138 Å². The van der Waals surface area contributed by atoms with Crippen LogP contribution in [0.25, 0.3) is 0 Å². The number of carbonyl (C=O) groups excluding carboxylic acids is 1. The van der Waals surface area contributed by atoms with Gasteiger partial charge in [0.1, 0.15) is 0 Å². The van der Waals surface area contributed by atoms with Crippen molar-refractivity contribution < 1.29 is 23.2 Å². The topological polar surface area (TPSA) is 129 Å². The minimum atomic E-state index is -4.03. The zero-order valence-electron chi connectivity index (χ0n) is 12.3. The van der Waals surface area contributed by atoms with Gasteiger partial charge < -0.3 is 9.90 Å². The maximum Gasteiger partial charge on any atom is 0.269 e. The van der Waals surface area contributed by atoms with Crippen molar-refractivity contribution in [3.8, 4) is 0 Å². The molecular formula is C15H13N2O6S-. The van der Waals surface area contributed by atoms with Crippen molar-refractivity contribution in [2.45, 2.75) is 17.4 Å². The first kappa shape index (κ1) is 17.6. The fourth-order valence-electron chi connectivity index (χ4n) is 2.02. The Morgan fingerprint density at radius 2 is 1.67 bits per heavy atom. The summed E-state index contributed by atoms with van der Waals surface area (Å²) in [6.07, 6.45) is -0.202. The molecule has 0 fully saturated rings. The SMILES string of the molecule is O=C([O-])[C@@H](Cc1ccc([N+](=O)[O-])cc1)NS(=O)(=O)c1ccccc1. The van der Waals surface area contributed by atoms with Crippen LogP contribution in [0.3, 0.4) is 0 Å². The number of carboxylic acids is 1. The number of nitro benzene ring substituents is 1. The van der Waals surface area contributed by atoms with Gasteiger partial charge in [-0.25, -0.2) is 13.1 Å². The number of carboxylic acid groups (broad SMARTS) is 1. The summed E-state index contributed by atoms with van der Waals surface area (Å²) in [5.41, 5.74) is 0.277. The van der Waals surface area contributed by atoms with Crippen molar-refractivity contribution in [3.05, 3.63) is 70.3 Å². The smallest absolute Gasteiger partial charge is 0.269 e. The lowest BCUT2D eigenvalue weighted by atomic mass is 10.1. The van der Waals surface area contributed by atoms with E-state index in [0.29, 0.717) is 5.56 Å². The van der Waals surface area contributed by atoms with Crippen LogP contribution in [0.15, 0.2) is 59.5 Å². The number of aliphatic carboxylic acids is 1. The van der Waals surface area contributed by atoms with Crippen molar-refractivity contribution in [2.24, 2.45) is 0 Å². The molecule has 2 rings (SSSR count). The van der Waals surface area contributed by atoms with E-state index in [1.54, 1.807) is 6.07 Å². The molecule has 0 saturated heterocycles. The minimum absolute atomic E-state index is 0.0695. The summed E-state index contributed by atoms with van der Waals surface area (Å²) in [5.74, 6) is -1.59. The Kier molecular flexibility index (Phi) is 5.27. The van der Waals surface area contributed by atoms with E-state index in [0.717, 1.165) is 0 Å². The predicted octanol–water partition coefficient (Wildman–Crippen LogP) is 0.234. The number of hydrogen-bond donors (Lipinski definition) is 1. The lowest BCUT2D eigenvalue weighted by Gasteiger charge is -2.19. The summed E-state index contributed by atoms with van der Waals surface area (Å²) in [6, 6.07) is 11.0. The molecule has 8 nitrogen and oxygen atoms in total. The van der Waals surface area contributed by atoms with Crippen LogP contribution >= 0.6 is 0 Å². The van der Waals surface area contributed by atoms with E-state index >= 15 is 0 Å². The fourth-order valence-corrected chi connectivity index (χ4v) is 3.22. The highest BCUT2D eigenvalue weighted by Crippen LogP contribution is 2.14. The largest absolute Gasteiger partial charge is 0.548 e. The molecule has 0 aliphatic carbocycles. The van der Waals surface area contributed by atoms with Crippen LogP contribution in [0.4, 0.5) is 5.69 Å². The molecule has 0 radical (unpaired) electrons. The van der Waals surface area contributed by atoms with Gasteiger partial charge in [0.2, 0.25) is 10.0 Å². The molecule has 9 heteroatoms. The number of non-ortho nitro benzene ring substituents is 1. The molecule has 0 aliphatic rings. The molecule has 1 N–H and O–H groups in total. The summed E-state index contributed by atoms with van der Waals surface area (Å²) >= 11 is 0. The van der Waals surface area contributed by atoms with Crippen molar-refractivity contribution in [1.82, 2.24) is 4.72 Å². The lowest BCUT2D eigenvalue weighted by molar-refractivity contribution is -0.384. The Hall–Kier alpha value is -2.78. The van der Waals surface area contributed by atoms with Crippen LogP contribution < -0.4 is 9.83 Å². The van der Waals surface area contributed by atoms with Gasteiger partial charge in [0.15, 0.2) is 0 Å². The highest BCUT2D eigenvalue weighted by molar-refractivity contribution is 7.89. The monoisotopic (exact) mass is 349 g/mol. The van der Waals surface area contributed by atoms with Gasteiger partial charge in [-0.2, -0.15) is 0 Å². The highest BCUT2D eigenvalue weighted by Gasteiger charge is 2.21. The fraction of sp³-hybridized carbons (Fsp3) is 0.133. The molecule has 0 amide bonds. The number of sulfonamides is 1. The van der Waals surface area contributed by atoms with E-state index < -0.39 is 27.0 Å². The molecule has 2 aromatic carbocycles. The third-order valence-corrected chi connectivity index (χ3v) is 4.71. The van der Waals surface area contributed by atoms with Crippen LogP contribution in [0.5, 0.6) is 0 Å². The number of rotatable bonds is 7. The molecule has 0 bridgehead atoms. The Morgan fingerprint density at radius 1 is 1.08 bits per heavy atom. The maximum atomic E-state index is 12.2. The first-order valence-electron chi connectivity index (χ1n) is 6.81. The molecule has 0 unspecified atom stereocenters. The second-order valence-corrected chi connectivity index (χ2v) is 6.65. The van der Waals surface area contributed by atoms with Crippen molar-refractivity contribution in [2.75, 3.05) is 0 Å². The summed E-state index contributed by atoms with van der Waals surface area (Å²) < 4.78 is 26.4. The second-order valence-electron chi connectivity index (χ2n) is 4.93. The van der Waals surface area contributed by atoms with Gasteiger partial charge in [-0.15, -0.1) is 0 Å². The number of hydrogen-bond acceptors (Lipinski definition) is 6. The van der Waals surface area contributed by atoms with Gasteiger partial charge >= 0.3 is 0 Å². The molecule has 0 aromatic heterocycles. The van der Waals surface area contributed by atoms with E-state index in [-0.39, 0.29) is 17.0 Å². The first-order chi connectivity index (χ1) is 11.3. The average Bonchev–Trinajstić information content (AvgIpc) is 2.55. The summed E-state index contributed by atoms with van der Waals surface area (Å²) in [4.78, 5) is 21.2. The van der Waals surface area contributed by atoms with Crippen LogP contribution in [0.1, 0.15) is 5.56 Å². The van der Waals surface area contributed by atoms with E-state index in [2.05, 4.69) is 4.72 Å². The van der Waals surface area contributed by atoms with Crippen molar-refractivity contribution in [3.63, 3.8) is 0 Å². The predicted molar refractivity (Wildman–Crippen MR) is 82.4 cm³/mol. The van der Waals surface area contributed by atoms with E-state index in [1.165, 1.54) is 48.5 Å². The molecule has 0 aliphatic heterocycles. The number of nitrogens with one attached hydrogen (secondary N) is 1. The Bertz CT molecular complexity index is 834. The number of carbonyl (C=O) groups is 1. The van der Waals surface area contributed by atoms with Crippen LogP contribution in [-0.4, -0.2) is 25.4 Å². The molecule has 1 atom stereocenters. The summed E-state index contributed by atoms with van der Waals surface area (Å²) in [5, 5.41) is 21.8. The zero-order valence-corrected chi connectivity index (χ0v) is 13.1. The van der Waals surface area contributed by atoms with Crippen molar-refractivity contribution >= 4 is 21.7 Å². The van der Waals surface area contributed by atoms with Crippen molar-refractivity contribution in [1.29, 1.82) is 0 Å². The van der Waals surface area contributed by atoms with Gasteiger partial charge in [-0.3, -0.25) is 10.1 Å². The molecule has 0 saturated carbocycles. The van der Waals surface area contributed by atoms with Gasteiger partial charge in [-0.05, 0) is 24.1 Å². The van der Waals surface area contributed by atoms with Gasteiger partial charge in [-0.1, -0.05) is 30.3 Å². The number of benzene rings is 2. The highest BCUT2D eigenvalue weighted by atomic mass is 32.2. The lowest BCUT2D eigenvalue weighted by Crippen LogP contribution is -2.49. The number of nitro groups is 1. The summed E-state index contributed by atoms with van der Waals surface area (Å²) in [7, 11) is -4.03.